The number of hydrogen-bond acceptors (Lipinski definition) is 9. The summed E-state index contributed by atoms with van der Waals surface area (Å²) in [6, 6.07) is 15.1. The number of nitrogens with zero attached hydrogens (tertiary/aromatic N) is 4. The van der Waals surface area contributed by atoms with E-state index in [1.807, 2.05) is 42.5 Å². The average Bonchev–Trinajstić information content (AvgIpc) is 3.43. The van der Waals surface area contributed by atoms with Crippen LogP contribution in [0.4, 0.5) is 22.9 Å². The van der Waals surface area contributed by atoms with Crippen molar-refractivity contribution < 1.29 is 14.3 Å². The van der Waals surface area contributed by atoms with Gasteiger partial charge in [-0.3, -0.25) is 14.7 Å². The Morgan fingerprint density at radius 3 is 2.84 bits per heavy atom. The van der Waals surface area contributed by atoms with Crippen LogP contribution in [0.3, 0.4) is 0 Å². The molecule has 0 aliphatic carbocycles. The second kappa shape index (κ2) is 14.8. The third kappa shape index (κ3) is 7.98. The van der Waals surface area contributed by atoms with Crippen LogP contribution in [-0.4, -0.2) is 65.7 Å². The number of likely N-dealkylation sites (N-methyl/N-ethyl adjacent to an activating group) is 1. The summed E-state index contributed by atoms with van der Waals surface area (Å²) in [7, 11) is 3.75. The van der Waals surface area contributed by atoms with Crippen LogP contribution in [0.5, 0.6) is 5.75 Å². The number of likely N-dealkylation sites (tertiary alicyclic amines) is 1. The topological polar surface area (TPSA) is 114 Å². The molecule has 10 nitrogen and oxygen atoms in total. The SMILES string of the molecule is COCCCNc1c(NC(=O)/C=C/C2CCCN2C)ccc2ncnc(Nc3ccc(OCc4ccccn4)c(Cl)c3)c12. The van der Waals surface area contributed by atoms with Gasteiger partial charge in [-0.1, -0.05) is 23.7 Å². The number of nitrogens with one attached hydrogen (secondary N) is 3. The number of aromatic nitrogens is 3. The minimum Gasteiger partial charge on any atom is -0.486 e. The lowest BCUT2D eigenvalue weighted by Crippen LogP contribution is -2.23. The quantitative estimate of drug-likeness (QED) is 0.125. The maximum atomic E-state index is 13.0. The molecule has 0 bridgehead atoms. The molecule has 1 unspecified atom stereocenters. The van der Waals surface area contributed by atoms with Crippen LogP contribution in [0, 0.1) is 0 Å². The normalized spacial score (nSPS) is 15.2. The number of carbonyl (C=O) groups excluding carboxylic acids is 1. The number of amides is 1. The van der Waals surface area contributed by atoms with Gasteiger partial charge in [-0.25, -0.2) is 9.97 Å². The number of pyridine rings is 1. The van der Waals surface area contributed by atoms with Crippen LogP contribution < -0.4 is 20.7 Å². The smallest absolute Gasteiger partial charge is 0.248 e. The molecule has 1 aliphatic heterocycles. The van der Waals surface area contributed by atoms with Gasteiger partial charge in [0.1, 0.15) is 24.5 Å². The van der Waals surface area contributed by atoms with Crippen LogP contribution in [0.1, 0.15) is 25.0 Å². The largest absolute Gasteiger partial charge is 0.486 e. The third-order valence-electron chi connectivity index (χ3n) is 7.23. The zero-order valence-electron chi connectivity index (χ0n) is 24.3. The number of rotatable bonds is 13. The molecular formula is C32H36ClN7O3. The molecule has 43 heavy (non-hydrogen) atoms. The van der Waals surface area contributed by atoms with Crippen molar-refractivity contribution >= 4 is 51.3 Å². The first-order chi connectivity index (χ1) is 21.0. The Morgan fingerprint density at radius 1 is 1.16 bits per heavy atom. The number of benzene rings is 2. The van der Waals surface area contributed by atoms with Gasteiger partial charge in [0.05, 0.1) is 33.0 Å². The molecule has 0 saturated carbocycles. The van der Waals surface area contributed by atoms with E-state index in [9.17, 15) is 4.79 Å². The third-order valence-corrected chi connectivity index (χ3v) is 7.53. The van der Waals surface area contributed by atoms with Gasteiger partial charge in [-0.2, -0.15) is 0 Å². The van der Waals surface area contributed by atoms with Gasteiger partial charge in [0.25, 0.3) is 0 Å². The molecule has 224 valence electrons. The van der Waals surface area contributed by atoms with Crippen LogP contribution in [0.2, 0.25) is 5.02 Å². The second-order valence-electron chi connectivity index (χ2n) is 10.3. The van der Waals surface area contributed by atoms with E-state index >= 15 is 0 Å². The number of methoxy groups -OCH3 is 1. The van der Waals surface area contributed by atoms with E-state index in [1.165, 1.54) is 6.33 Å². The lowest BCUT2D eigenvalue weighted by molar-refractivity contribution is -0.111. The van der Waals surface area contributed by atoms with Crippen LogP contribution in [-0.2, 0) is 16.1 Å². The molecule has 4 aromatic rings. The monoisotopic (exact) mass is 601 g/mol. The van der Waals surface area contributed by atoms with E-state index in [4.69, 9.17) is 21.1 Å². The highest BCUT2D eigenvalue weighted by atomic mass is 35.5. The predicted molar refractivity (Wildman–Crippen MR) is 171 cm³/mol. The molecular weight excluding hydrogens is 566 g/mol. The molecule has 0 radical (unpaired) electrons. The summed E-state index contributed by atoms with van der Waals surface area (Å²) in [6.07, 6.45) is 9.78. The van der Waals surface area contributed by atoms with Crippen molar-refractivity contribution in [3.05, 3.63) is 83.9 Å². The first-order valence-corrected chi connectivity index (χ1v) is 14.7. The van der Waals surface area contributed by atoms with Crippen molar-refractivity contribution in [1.29, 1.82) is 0 Å². The number of hydrogen-bond donors (Lipinski definition) is 3. The molecule has 0 spiro atoms. The Kier molecular flexibility index (Phi) is 10.4. The number of halogens is 1. The summed E-state index contributed by atoms with van der Waals surface area (Å²) in [5.74, 6) is 0.920. The molecule has 3 N–H and O–H groups in total. The molecule has 1 saturated heterocycles. The number of carbonyl (C=O) groups is 1. The van der Waals surface area contributed by atoms with Gasteiger partial charge >= 0.3 is 0 Å². The van der Waals surface area contributed by atoms with Gasteiger partial charge in [0.2, 0.25) is 5.91 Å². The predicted octanol–water partition coefficient (Wildman–Crippen LogP) is 6.04. The average molecular weight is 602 g/mol. The fourth-order valence-electron chi connectivity index (χ4n) is 4.98. The van der Waals surface area contributed by atoms with E-state index in [2.05, 4.69) is 42.8 Å². The zero-order valence-corrected chi connectivity index (χ0v) is 25.1. The second-order valence-corrected chi connectivity index (χ2v) is 10.7. The van der Waals surface area contributed by atoms with E-state index in [0.717, 1.165) is 48.3 Å². The van der Waals surface area contributed by atoms with Crippen LogP contribution in [0.15, 0.2) is 73.2 Å². The molecule has 2 aromatic heterocycles. The molecule has 3 heterocycles. The van der Waals surface area contributed by atoms with Crippen molar-refractivity contribution in [2.45, 2.75) is 31.9 Å². The van der Waals surface area contributed by atoms with E-state index < -0.39 is 0 Å². The molecule has 5 rings (SSSR count). The summed E-state index contributed by atoms with van der Waals surface area (Å²) in [5, 5.41) is 11.1. The summed E-state index contributed by atoms with van der Waals surface area (Å²) >= 11 is 6.58. The molecule has 1 atom stereocenters. The van der Waals surface area contributed by atoms with Crippen LogP contribution in [0.25, 0.3) is 10.9 Å². The van der Waals surface area contributed by atoms with E-state index in [-0.39, 0.29) is 11.9 Å². The number of ether oxygens (including phenoxy) is 2. The number of anilines is 4. The first-order valence-electron chi connectivity index (χ1n) is 14.3. The van der Waals surface area contributed by atoms with Gasteiger partial charge in [0, 0.05) is 44.3 Å². The minimum atomic E-state index is -0.195. The summed E-state index contributed by atoms with van der Waals surface area (Å²) in [4.78, 5) is 28.6. The van der Waals surface area contributed by atoms with Crippen molar-refractivity contribution in [2.75, 3.05) is 49.8 Å². The highest BCUT2D eigenvalue weighted by Crippen LogP contribution is 2.37. The van der Waals surface area contributed by atoms with Crippen molar-refractivity contribution in [3.63, 3.8) is 0 Å². The molecule has 1 aliphatic rings. The lowest BCUT2D eigenvalue weighted by Gasteiger charge is -2.18. The summed E-state index contributed by atoms with van der Waals surface area (Å²) in [6.45, 7) is 2.58. The maximum Gasteiger partial charge on any atom is 0.248 e. The maximum absolute atomic E-state index is 13.0. The highest BCUT2D eigenvalue weighted by molar-refractivity contribution is 6.32. The number of fused-ring (bicyclic) bond motifs is 1. The molecule has 1 fully saturated rings. The summed E-state index contributed by atoms with van der Waals surface area (Å²) in [5.41, 5.74) is 3.60. The Hall–Kier alpha value is -4.25. The molecule has 11 heteroatoms. The molecule has 2 aromatic carbocycles. The Bertz CT molecular complexity index is 1570. The fraction of sp³-hybridized carbons (Fsp3) is 0.312. The minimum absolute atomic E-state index is 0.195. The highest BCUT2D eigenvalue weighted by Gasteiger charge is 2.19. The van der Waals surface area contributed by atoms with Crippen molar-refractivity contribution in [1.82, 2.24) is 19.9 Å². The zero-order chi connectivity index (χ0) is 30.0. The van der Waals surface area contributed by atoms with Gasteiger partial charge in [-0.05, 0) is 75.3 Å². The van der Waals surface area contributed by atoms with Crippen LogP contribution >= 0.6 is 11.6 Å². The Morgan fingerprint density at radius 2 is 2.07 bits per heavy atom. The van der Waals surface area contributed by atoms with E-state index in [1.54, 1.807) is 31.5 Å². The van der Waals surface area contributed by atoms with Crippen molar-refractivity contribution in [3.8, 4) is 5.75 Å². The fourth-order valence-corrected chi connectivity index (χ4v) is 5.22. The lowest BCUT2D eigenvalue weighted by atomic mass is 10.1. The van der Waals surface area contributed by atoms with Gasteiger partial charge in [0.15, 0.2) is 0 Å². The molecule has 1 amide bonds. The Labute approximate surface area is 256 Å². The summed E-state index contributed by atoms with van der Waals surface area (Å²) < 4.78 is 11.1. The van der Waals surface area contributed by atoms with Crippen molar-refractivity contribution in [2.24, 2.45) is 0 Å². The van der Waals surface area contributed by atoms with Gasteiger partial charge < -0.3 is 25.4 Å². The Balaban J connectivity index is 1.39. The first kappa shape index (κ1) is 30.2. The standard InChI is InChI=1S/C32H36ClN7O3/c1-40-17-5-8-24(40)10-14-29(41)39-27-12-11-26-30(31(27)35-16-6-18-42-2)32(37-21-36-26)38-22-9-13-28(25(33)19-22)43-20-23-7-3-4-15-34-23/h3-4,7,9-15,19,21,24,35H,5-6,8,16-18,20H2,1-2H3,(H,39,41)(H,36,37,38)/b14-10+. The van der Waals surface area contributed by atoms with Gasteiger partial charge in [-0.15, -0.1) is 0 Å². The van der Waals surface area contributed by atoms with E-state index in [0.29, 0.717) is 47.6 Å².